The first-order valence-corrected chi connectivity index (χ1v) is 8.25. The summed E-state index contributed by atoms with van der Waals surface area (Å²) < 4.78 is 52.7. The van der Waals surface area contributed by atoms with E-state index in [0.717, 1.165) is 0 Å². The molecular weight excluding hydrogens is 393 g/mol. The highest BCUT2D eigenvalue weighted by Crippen LogP contribution is 2.38. The molecule has 0 bridgehead atoms. The number of rotatable bonds is 7. The minimum Gasteiger partial charge on any atom is -0.493 e. The molecular formula is C19H19F3N2O5. The maximum atomic E-state index is 12.5. The van der Waals surface area contributed by atoms with Crippen molar-refractivity contribution in [2.24, 2.45) is 0 Å². The molecule has 2 N–H and O–H groups in total. The van der Waals surface area contributed by atoms with Gasteiger partial charge >= 0.3 is 12.1 Å². The average molecular weight is 412 g/mol. The molecule has 0 aliphatic heterocycles. The maximum Gasteiger partial charge on any atom is 0.471 e. The second-order valence-electron chi connectivity index (χ2n) is 5.75. The molecule has 156 valence electrons. The van der Waals surface area contributed by atoms with Gasteiger partial charge in [0.2, 0.25) is 5.75 Å². The summed E-state index contributed by atoms with van der Waals surface area (Å²) in [7, 11) is 4.27. The largest absolute Gasteiger partial charge is 0.493 e. The zero-order valence-corrected chi connectivity index (χ0v) is 15.8. The van der Waals surface area contributed by atoms with E-state index in [1.54, 1.807) is 11.4 Å². The van der Waals surface area contributed by atoms with Gasteiger partial charge in [-0.05, 0) is 29.8 Å². The third kappa shape index (κ3) is 5.53. The van der Waals surface area contributed by atoms with Gasteiger partial charge in [0, 0.05) is 17.8 Å². The smallest absolute Gasteiger partial charge is 0.471 e. The van der Waals surface area contributed by atoms with Crippen LogP contribution in [0.25, 0.3) is 0 Å². The number of methoxy groups -OCH3 is 3. The highest BCUT2D eigenvalue weighted by Gasteiger charge is 2.38. The summed E-state index contributed by atoms with van der Waals surface area (Å²) in [5.41, 5.74) is 0.693. The fraction of sp³-hybridized carbons (Fsp3) is 0.263. The first-order chi connectivity index (χ1) is 13.7. The monoisotopic (exact) mass is 412 g/mol. The van der Waals surface area contributed by atoms with Crippen LogP contribution in [-0.2, 0) is 11.3 Å². The van der Waals surface area contributed by atoms with Crippen molar-refractivity contribution in [3.8, 4) is 17.2 Å². The normalized spacial score (nSPS) is 10.8. The van der Waals surface area contributed by atoms with E-state index >= 15 is 0 Å². The number of amides is 2. The maximum absolute atomic E-state index is 12.5. The molecule has 2 rings (SSSR count). The van der Waals surface area contributed by atoms with Crippen LogP contribution in [0.1, 0.15) is 15.9 Å². The molecule has 0 saturated carbocycles. The van der Waals surface area contributed by atoms with Gasteiger partial charge in [0.1, 0.15) is 0 Å². The Morgan fingerprint density at radius 2 is 1.59 bits per heavy atom. The Hall–Kier alpha value is -3.43. The lowest BCUT2D eigenvalue weighted by molar-refractivity contribution is -0.167. The molecule has 29 heavy (non-hydrogen) atoms. The van der Waals surface area contributed by atoms with Crippen molar-refractivity contribution in [2.75, 3.05) is 26.6 Å². The molecule has 0 aliphatic carbocycles. The number of alkyl halides is 3. The second kappa shape index (κ2) is 9.18. The summed E-state index contributed by atoms with van der Waals surface area (Å²) in [6.45, 7) is 0.0191. The molecule has 2 aromatic carbocycles. The number of hydrogen-bond acceptors (Lipinski definition) is 5. The molecule has 0 spiro atoms. The van der Waals surface area contributed by atoms with Gasteiger partial charge in [0.05, 0.1) is 21.3 Å². The van der Waals surface area contributed by atoms with Crippen molar-refractivity contribution < 1.29 is 37.0 Å². The SMILES string of the molecule is COc1cc(C(=O)NCc2cccc(NC(=O)C(F)(F)F)c2)cc(OC)c1OC. The molecule has 2 aromatic rings. The predicted octanol–water partition coefficient (Wildman–Crippen LogP) is 3.14. The lowest BCUT2D eigenvalue weighted by Gasteiger charge is -2.14. The van der Waals surface area contributed by atoms with E-state index in [9.17, 15) is 22.8 Å². The van der Waals surface area contributed by atoms with Crippen LogP contribution in [0.3, 0.4) is 0 Å². The fourth-order valence-corrected chi connectivity index (χ4v) is 2.46. The molecule has 0 radical (unpaired) electrons. The number of benzene rings is 2. The van der Waals surface area contributed by atoms with E-state index in [4.69, 9.17) is 14.2 Å². The first kappa shape index (κ1) is 21.9. The van der Waals surface area contributed by atoms with E-state index < -0.39 is 18.0 Å². The van der Waals surface area contributed by atoms with Crippen molar-refractivity contribution in [3.05, 3.63) is 47.5 Å². The highest BCUT2D eigenvalue weighted by molar-refractivity contribution is 5.96. The summed E-state index contributed by atoms with van der Waals surface area (Å²) in [6, 6.07) is 8.65. The zero-order chi connectivity index (χ0) is 21.6. The summed E-state index contributed by atoms with van der Waals surface area (Å²) >= 11 is 0. The van der Waals surface area contributed by atoms with Crippen LogP contribution in [-0.4, -0.2) is 39.3 Å². The Morgan fingerprint density at radius 1 is 0.966 bits per heavy atom. The van der Waals surface area contributed by atoms with Crippen LogP contribution in [0.5, 0.6) is 17.2 Å². The van der Waals surface area contributed by atoms with Crippen molar-refractivity contribution in [1.82, 2.24) is 5.32 Å². The number of carbonyl (C=O) groups is 2. The minimum atomic E-state index is -4.99. The number of halogens is 3. The van der Waals surface area contributed by atoms with Gasteiger partial charge in [-0.2, -0.15) is 13.2 Å². The van der Waals surface area contributed by atoms with E-state index in [0.29, 0.717) is 22.8 Å². The lowest BCUT2D eigenvalue weighted by atomic mass is 10.1. The van der Waals surface area contributed by atoms with Gasteiger partial charge in [0.15, 0.2) is 11.5 Å². The number of hydrogen-bond donors (Lipinski definition) is 2. The molecule has 0 aromatic heterocycles. The number of anilines is 1. The van der Waals surface area contributed by atoms with E-state index in [1.165, 1.54) is 51.7 Å². The molecule has 0 heterocycles. The Labute approximate surface area is 164 Å². The van der Waals surface area contributed by atoms with Crippen LogP contribution in [0.4, 0.5) is 18.9 Å². The molecule has 7 nitrogen and oxygen atoms in total. The first-order valence-electron chi connectivity index (χ1n) is 8.25. The van der Waals surface area contributed by atoms with Gasteiger partial charge in [-0.15, -0.1) is 0 Å². The van der Waals surface area contributed by atoms with Gasteiger partial charge in [-0.1, -0.05) is 12.1 Å². The standard InChI is InChI=1S/C19H19F3N2O5/c1-27-14-8-12(9-15(28-2)16(14)29-3)17(25)23-10-11-5-4-6-13(7-11)24-18(26)19(20,21)22/h4-9H,10H2,1-3H3,(H,23,25)(H,24,26). The Morgan fingerprint density at radius 3 is 2.10 bits per heavy atom. The molecule has 0 atom stereocenters. The van der Waals surface area contributed by atoms with Crippen LogP contribution in [0.2, 0.25) is 0 Å². The number of ether oxygens (including phenoxy) is 3. The third-order valence-corrected chi connectivity index (χ3v) is 3.82. The third-order valence-electron chi connectivity index (χ3n) is 3.82. The molecule has 2 amide bonds. The fourth-order valence-electron chi connectivity index (χ4n) is 2.46. The number of carbonyl (C=O) groups excluding carboxylic acids is 2. The quantitative estimate of drug-likeness (QED) is 0.730. The molecule has 0 saturated heterocycles. The van der Waals surface area contributed by atoms with Crippen molar-refractivity contribution in [2.45, 2.75) is 12.7 Å². The van der Waals surface area contributed by atoms with E-state index in [-0.39, 0.29) is 17.8 Å². The Kier molecular flexibility index (Phi) is 6.92. The van der Waals surface area contributed by atoms with Crippen molar-refractivity contribution in [3.63, 3.8) is 0 Å². The Balaban J connectivity index is 2.11. The van der Waals surface area contributed by atoms with Crippen molar-refractivity contribution in [1.29, 1.82) is 0 Å². The van der Waals surface area contributed by atoms with Crippen LogP contribution in [0, 0.1) is 0 Å². The number of nitrogens with one attached hydrogen (secondary N) is 2. The highest BCUT2D eigenvalue weighted by atomic mass is 19.4. The Bertz CT molecular complexity index is 875. The molecule has 0 unspecified atom stereocenters. The van der Waals surface area contributed by atoms with Crippen LogP contribution >= 0.6 is 0 Å². The summed E-state index contributed by atoms with van der Waals surface area (Å²) in [5, 5.41) is 4.40. The van der Waals surface area contributed by atoms with E-state index in [1.807, 2.05) is 0 Å². The van der Waals surface area contributed by atoms with Gasteiger partial charge < -0.3 is 24.8 Å². The van der Waals surface area contributed by atoms with Gasteiger partial charge in [-0.25, -0.2) is 0 Å². The zero-order valence-electron chi connectivity index (χ0n) is 15.8. The summed E-state index contributed by atoms with van der Waals surface area (Å²) in [6.07, 6.45) is -4.99. The van der Waals surface area contributed by atoms with E-state index in [2.05, 4.69) is 5.32 Å². The average Bonchev–Trinajstić information content (AvgIpc) is 2.70. The summed E-state index contributed by atoms with van der Waals surface area (Å²) in [4.78, 5) is 23.5. The topological polar surface area (TPSA) is 85.9 Å². The van der Waals surface area contributed by atoms with Crippen LogP contribution < -0.4 is 24.8 Å². The van der Waals surface area contributed by atoms with Gasteiger partial charge in [0.25, 0.3) is 5.91 Å². The summed E-state index contributed by atoms with van der Waals surface area (Å²) in [5.74, 6) is -1.60. The van der Waals surface area contributed by atoms with Gasteiger partial charge in [-0.3, -0.25) is 9.59 Å². The molecule has 10 heteroatoms. The lowest BCUT2D eigenvalue weighted by Crippen LogP contribution is -2.30. The molecule has 0 fully saturated rings. The predicted molar refractivity (Wildman–Crippen MR) is 98.4 cm³/mol. The minimum absolute atomic E-state index is 0.0191. The van der Waals surface area contributed by atoms with Crippen molar-refractivity contribution >= 4 is 17.5 Å². The molecule has 0 aliphatic rings. The van der Waals surface area contributed by atoms with Crippen LogP contribution in [0.15, 0.2) is 36.4 Å². The second-order valence-corrected chi connectivity index (χ2v) is 5.75.